The van der Waals surface area contributed by atoms with Crippen LogP contribution in [0.2, 0.25) is 0 Å². The lowest BCUT2D eigenvalue weighted by atomic mass is 9.93. The summed E-state index contributed by atoms with van der Waals surface area (Å²) in [6.45, 7) is 6.43. The summed E-state index contributed by atoms with van der Waals surface area (Å²) < 4.78 is 11.0. The lowest BCUT2D eigenvalue weighted by Crippen LogP contribution is -2.52. The molecule has 2 N–H and O–H groups in total. The van der Waals surface area contributed by atoms with Gasteiger partial charge in [0, 0.05) is 41.3 Å². The van der Waals surface area contributed by atoms with E-state index in [-0.39, 0.29) is 22.9 Å². The van der Waals surface area contributed by atoms with Crippen molar-refractivity contribution in [2.75, 3.05) is 17.7 Å². The Hall–Kier alpha value is -3.38. The number of nitrogens with one attached hydrogen (secondary N) is 2. The molecule has 0 saturated carbocycles. The van der Waals surface area contributed by atoms with Gasteiger partial charge in [-0.1, -0.05) is 42.8 Å². The lowest BCUT2D eigenvalue weighted by Gasteiger charge is -2.36. The Morgan fingerprint density at radius 2 is 1.83 bits per heavy atom. The number of hydrogen-bond donors (Lipinski definition) is 2. The van der Waals surface area contributed by atoms with Crippen LogP contribution in [-0.4, -0.2) is 53.1 Å². The topological polar surface area (TPSA) is 106 Å². The third-order valence-electron chi connectivity index (χ3n) is 8.89. The molecule has 3 atom stereocenters. The van der Waals surface area contributed by atoms with Crippen molar-refractivity contribution in [1.29, 1.82) is 0 Å². The van der Waals surface area contributed by atoms with Crippen LogP contribution in [0.4, 0.5) is 10.5 Å². The third-order valence-corrected chi connectivity index (χ3v) is 12.0. The second-order valence-corrected chi connectivity index (χ2v) is 16.3. The molecule has 2 fully saturated rings. The zero-order valence-electron chi connectivity index (χ0n) is 27.9. The first-order valence-electron chi connectivity index (χ1n) is 16.9. The molecule has 0 bridgehead atoms. The summed E-state index contributed by atoms with van der Waals surface area (Å²) in [6.07, 6.45) is 5.80. The Labute approximate surface area is 291 Å². The maximum absolute atomic E-state index is 13.8. The van der Waals surface area contributed by atoms with Gasteiger partial charge in [-0.25, -0.2) is 15.1 Å². The van der Waals surface area contributed by atoms with Crippen LogP contribution >= 0.6 is 23.1 Å². The molecule has 0 spiro atoms. The number of ether oxygens (including phenoxy) is 2. The van der Waals surface area contributed by atoms with Gasteiger partial charge in [0.25, 0.3) is 0 Å². The number of thioether (sulfide) groups is 1. The van der Waals surface area contributed by atoms with Crippen LogP contribution in [0.15, 0.2) is 60.7 Å². The summed E-state index contributed by atoms with van der Waals surface area (Å²) >= 11 is 3.54. The Morgan fingerprint density at radius 3 is 2.58 bits per heavy atom. The van der Waals surface area contributed by atoms with E-state index >= 15 is 0 Å². The van der Waals surface area contributed by atoms with Crippen molar-refractivity contribution in [3.05, 3.63) is 76.7 Å². The number of benzene rings is 2. The zero-order valence-corrected chi connectivity index (χ0v) is 29.6. The van der Waals surface area contributed by atoms with Crippen molar-refractivity contribution in [2.24, 2.45) is 0 Å². The summed E-state index contributed by atoms with van der Waals surface area (Å²) in [7, 11) is 0. The number of fused-ring (bicyclic) bond motifs is 1. The molecule has 256 valence electrons. The SMILES string of the molecule is CC(C)(C)OC(=O)N1Cc2ccccc2C[C@H]1C(=O)Nc1cccc(-c2ccc([C@@]3(CC(=O)NOC4CCCCO4)CCCCS3)s2)c1. The van der Waals surface area contributed by atoms with E-state index in [0.717, 1.165) is 70.7 Å². The maximum atomic E-state index is 13.8. The van der Waals surface area contributed by atoms with Gasteiger partial charge in [-0.3, -0.25) is 14.5 Å². The molecule has 0 radical (unpaired) electrons. The number of nitrogens with zero attached hydrogens (tertiary/aromatic N) is 1. The first-order chi connectivity index (χ1) is 23.1. The maximum Gasteiger partial charge on any atom is 0.411 e. The zero-order chi connectivity index (χ0) is 33.7. The Balaban J connectivity index is 1.16. The Bertz CT molecular complexity index is 1610. The minimum absolute atomic E-state index is 0.135. The summed E-state index contributed by atoms with van der Waals surface area (Å²) in [5.74, 6) is 0.605. The minimum Gasteiger partial charge on any atom is -0.444 e. The summed E-state index contributed by atoms with van der Waals surface area (Å²) in [6, 6.07) is 19.2. The fraction of sp³-hybridized carbons (Fsp3) is 0.486. The highest BCUT2D eigenvalue weighted by Gasteiger charge is 2.39. The monoisotopic (exact) mass is 691 g/mol. The van der Waals surface area contributed by atoms with E-state index in [2.05, 4.69) is 22.9 Å². The highest BCUT2D eigenvalue weighted by Crippen LogP contribution is 2.51. The van der Waals surface area contributed by atoms with Crippen LogP contribution in [0.1, 0.15) is 81.7 Å². The van der Waals surface area contributed by atoms with Crippen LogP contribution in [0.5, 0.6) is 0 Å². The van der Waals surface area contributed by atoms with Crippen molar-refractivity contribution >= 4 is 46.7 Å². The quantitative estimate of drug-likeness (QED) is 0.232. The number of hydroxylamine groups is 1. The summed E-state index contributed by atoms with van der Waals surface area (Å²) in [5.41, 5.74) is 5.67. The number of hydrogen-bond acceptors (Lipinski definition) is 8. The van der Waals surface area contributed by atoms with Crippen molar-refractivity contribution in [1.82, 2.24) is 10.4 Å². The van der Waals surface area contributed by atoms with E-state index in [0.29, 0.717) is 31.7 Å². The van der Waals surface area contributed by atoms with Gasteiger partial charge in [-0.2, -0.15) is 0 Å². The number of rotatable bonds is 8. The number of amides is 3. The van der Waals surface area contributed by atoms with Crippen molar-refractivity contribution in [3.8, 4) is 10.4 Å². The molecular weight excluding hydrogens is 647 g/mol. The van der Waals surface area contributed by atoms with Gasteiger partial charge < -0.3 is 14.8 Å². The fourth-order valence-electron chi connectivity index (χ4n) is 6.49. The van der Waals surface area contributed by atoms with Gasteiger partial charge in [0.2, 0.25) is 11.8 Å². The molecule has 2 saturated heterocycles. The molecular formula is C37H45N3O6S2. The number of anilines is 1. The minimum atomic E-state index is -0.713. The highest BCUT2D eigenvalue weighted by atomic mass is 32.2. The van der Waals surface area contributed by atoms with Gasteiger partial charge in [-0.15, -0.1) is 23.1 Å². The first kappa shape index (κ1) is 34.5. The molecule has 1 aromatic heterocycles. The van der Waals surface area contributed by atoms with Gasteiger partial charge in [0.15, 0.2) is 6.29 Å². The standard InChI is InChI=1S/C37H45N3O6S2/c1-36(2,3)45-35(43)40-24-27-12-5-4-11-25(27)22-29(40)34(42)38-28-14-10-13-26(21-28)30-16-17-31(48-30)37(18-7-9-20-47-37)23-32(41)39-46-33-15-6-8-19-44-33/h4-5,10-14,16-17,21,29,33H,6-9,15,18-20,22-24H2,1-3H3,(H,38,42)(H,39,41)/t29-,33?,37-/m0/s1. The predicted octanol–water partition coefficient (Wildman–Crippen LogP) is 7.79. The highest BCUT2D eigenvalue weighted by molar-refractivity contribution is 8.00. The van der Waals surface area contributed by atoms with Crippen molar-refractivity contribution in [2.45, 2.75) is 101 Å². The third kappa shape index (κ3) is 8.42. The van der Waals surface area contributed by atoms with E-state index in [4.69, 9.17) is 14.3 Å². The van der Waals surface area contributed by atoms with Crippen LogP contribution in [0.25, 0.3) is 10.4 Å². The van der Waals surface area contributed by atoms with E-state index in [1.165, 1.54) is 4.90 Å². The average Bonchev–Trinajstić information content (AvgIpc) is 3.59. The van der Waals surface area contributed by atoms with Crippen molar-refractivity contribution < 1.29 is 28.7 Å². The molecule has 2 aromatic carbocycles. The van der Waals surface area contributed by atoms with E-state index in [1.807, 2.05) is 81.1 Å². The molecule has 9 nitrogen and oxygen atoms in total. The molecule has 0 aliphatic carbocycles. The van der Waals surface area contributed by atoms with Crippen molar-refractivity contribution in [3.63, 3.8) is 0 Å². The van der Waals surface area contributed by atoms with E-state index < -0.39 is 17.7 Å². The number of carbonyl (C=O) groups is 3. The van der Waals surface area contributed by atoms with Crippen LogP contribution in [-0.2, 0) is 41.6 Å². The predicted molar refractivity (Wildman–Crippen MR) is 190 cm³/mol. The summed E-state index contributed by atoms with van der Waals surface area (Å²) in [4.78, 5) is 49.5. The second-order valence-electron chi connectivity index (χ2n) is 13.7. The normalized spacial score (nSPS) is 22.8. The molecule has 6 rings (SSSR count). The van der Waals surface area contributed by atoms with Gasteiger partial charge in [0.05, 0.1) is 11.3 Å². The van der Waals surface area contributed by atoms with Crippen LogP contribution < -0.4 is 10.8 Å². The second kappa shape index (κ2) is 15.0. The van der Waals surface area contributed by atoms with E-state index in [1.54, 1.807) is 11.3 Å². The largest absolute Gasteiger partial charge is 0.444 e. The Morgan fingerprint density at radius 1 is 1.00 bits per heavy atom. The lowest BCUT2D eigenvalue weighted by molar-refractivity contribution is -0.200. The molecule has 3 amide bonds. The number of carbonyl (C=O) groups excluding carboxylic acids is 3. The molecule has 4 heterocycles. The molecule has 3 aliphatic rings. The molecule has 1 unspecified atom stereocenters. The smallest absolute Gasteiger partial charge is 0.411 e. The molecule has 3 aliphatic heterocycles. The van der Waals surface area contributed by atoms with Gasteiger partial charge in [0.1, 0.15) is 11.6 Å². The molecule has 48 heavy (non-hydrogen) atoms. The first-order valence-corrected chi connectivity index (χ1v) is 18.7. The number of thiophene rings is 1. The molecule has 11 heteroatoms. The fourth-order valence-corrected chi connectivity index (χ4v) is 9.37. The van der Waals surface area contributed by atoms with Crippen LogP contribution in [0.3, 0.4) is 0 Å². The average molecular weight is 692 g/mol. The van der Waals surface area contributed by atoms with Gasteiger partial charge >= 0.3 is 6.09 Å². The van der Waals surface area contributed by atoms with E-state index in [9.17, 15) is 14.4 Å². The molecule has 3 aromatic rings. The van der Waals surface area contributed by atoms with Crippen LogP contribution in [0, 0.1) is 0 Å². The van der Waals surface area contributed by atoms with Gasteiger partial charge in [-0.05, 0) is 93.2 Å². The Kier molecular flexibility index (Phi) is 10.8. The summed E-state index contributed by atoms with van der Waals surface area (Å²) in [5, 5.41) is 3.08.